The zero-order valence-electron chi connectivity index (χ0n) is 16.1. The van der Waals surface area contributed by atoms with Gasteiger partial charge < -0.3 is 20.1 Å². The molecule has 0 bridgehead atoms. The number of benzene rings is 1. The number of carboxylic acid groups (broad SMARTS) is 1. The molecule has 1 aliphatic heterocycles. The van der Waals surface area contributed by atoms with Gasteiger partial charge in [0.25, 0.3) is 0 Å². The average molecular weight is 385 g/mol. The maximum absolute atomic E-state index is 12.7. The molecule has 1 unspecified atom stereocenters. The summed E-state index contributed by atoms with van der Waals surface area (Å²) < 4.78 is 5.37. The molecule has 150 valence electrons. The van der Waals surface area contributed by atoms with E-state index in [1.54, 1.807) is 7.11 Å². The number of aromatic nitrogens is 1. The van der Waals surface area contributed by atoms with Crippen LogP contribution in [0.3, 0.4) is 0 Å². The minimum Gasteiger partial charge on any atom is -0.497 e. The summed E-state index contributed by atoms with van der Waals surface area (Å²) in [6, 6.07) is 5.57. The third kappa shape index (κ3) is 3.53. The van der Waals surface area contributed by atoms with E-state index >= 15 is 0 Å². The molecule has 2 fully saturated rings. The van der Waals surface area contributed by atoms with E-state index in [0.717, 1.165) is 43.4 Å². The Morgan fingerprint density at radius 1 is 1.25 bits per heavy atom. The molecule has 1 saturated carbocycles. The molecule has 1 saturated heterocycles. The maximum atomic E-state index is 12.7. The number of aromatic amines is 1. The number of rotatable bonds is 4. The van der Waals surface area contributed by atoms with Crippen molar-refractivity contribution in [3.05, 3.63) is 30.0 Å². The van der Waals surface area contributed by atoms with Crippen molar-refractivity contribution in [3.63, 3.8) is 0 Å². The van der Waals surface area contributed by atoms with Crippen LogP contribution in [0.4, 0.5) is 4.79 Å². The van der Waals surface area contributed by atoms with E-state index < -0.39 is 12.1 Å². The quantitative estimate of drug-likeness (QED) is 0.751. The third-order valence-corrected chi connectivity index (χ3v) is 6.18. The van der Waals surface area contributed by atoms with Crippen molar-refractivity contribution in [1.29, 1.82) is 0 Å². The zero-order chi connectivity index (χ0) is 19.7. The Kier molecular flexibility index (Phi) is 5.15. The van der Waals surface area contributed by atoms with Crippen LogP contribution in [0.25, 0.3) is 10.9 Å². The number of amides is 2. The van der Waals surface area contributed by atoms with Gasteiger partial charge in [-0.05, 0) is 61.8 Å². The van der Waals surface area contributed by atoms with E-state index in [1.165, 1.54) is 15.8 Å². The third-order valence-electron chi connectivity index (χ3n) is 6.18. The molecule has 3 atom stereocenters. The van der Waals surface area contributed by atoms with Crippen molar-refractivity contribution in [3.8, 4) is 5.75 Å². The number of hydrogen-bond donors (Lipinski definition) is 3. The summed E-state index contributed by atoms with van der Waals surface area (Å²) in [5, 5.41) is 13.6. The smallest absolute Gasteiger partial charge is 0.407 e. The van der Waals surface area contributed by atoms with Crippen LogP contribution < -0.4 is 10.1 Å². The number of carbonyl (C=O) groups excluding carboxylic acids is 1. The highest BCUT2D eigenvalue weighted by Crippen LogP contribution is 2.37. The minimum absolute atomic E-state index is 0.0815. The van der Waals surface area contributed by atoms with Crippen LogP contribution in [-0.4, -0.2) is 52.7 Å². The summed E-state index contributed by atoms with van der Waals surface area (Å²) in [6.45, 7) is 0.442. The van der Waals surface area contributed by atoms with Crippen molar-refractivity contribution in [2.24, 2.45) is 0 Å². The molecule has 2 aromatic rings. The lowest BCUT2D eigenvalue weighted by atomic mass is 9.81. The first-order chi connectivity index (χ1) is 13.6. The van der Waals surface area contributed by atoms with Gasteiger partial charge in [-0.3, -0.25) is 9.69 Å². The topological polar surface area (TPSA) is 94.7 Å². The number of nitrogens with zero attached hydrogens (tertiary/aromatic N) is 1. The van der Waals surface area contributed by atoms with Crippen molar-refractivity contribution in [2.45, 2.75) is 56.5 Å². The Labute approximate surface area is 164 Å². The standard InChI is InChI=1S/C21H27N3O4/c1-28-15-7-8-18-16(11-15)17(12-22-18)13-4-2-5-14(10-13)23-20(25)19-6-3-9-24(19)21(26)27/h7-8,11-14,19,22H,2-6,9-10H2,1H3,(H,23,25)(H,26,27)/t13-,14+,19?/m1/s1. The van der Waals surface area contributed by atoms with Crippen LogP contribution >= 0.6 is 0 Å². The van der Waals surface area contributed by atoms with Gasteiger partial charge in [-0.25, -0.2) is 4.79 Å². The van der Waals surface area contributed by atoms with Crippen LogP contribution in [0, 0.1) is 0 Å². The molecule has 1 aromatic carbocycles. The van der Waals surface area contributed by atoms with Gasteiger partial charge in [-0.15, -0.1) is 0 Å². The average Bonchev–Trinajstić information content (AvgIpc) is 3.35. The number of hydrogen-bond acceptors (Lipinski definition) is 3. The second-order valence-corrected chi connectivity index (χ2v) is 7.86. The van der Waals surface area contributed by atoms with Gasteiger partial charge in [-0.1, -0.05) is 6.42 Å². The Morgan fingerprint density at radius 3 is 2.89 bits per heavy atom. The molecule has 2 heterocycles. The van der Waals surface area contributed by atoms with Crippen LogP contribution in [0.15, 0.2) is 24.4 Å². The summed E-state index contributed by atoms with van der Waals surface area (Å²) in [6.07, 6.45) is 6.35. The first-order valence-corrected chi connectivity index (χ1v) is 10.0. The van der Waals surface area contributed by atoms with Crippen LogP contribution in [0.1, 0.15) is 50.0 Å². The van der Waals surface area contributed by atoms with E-state index in [0.29, 0.717) is 18.9 Å². The molecule has 3 N–H and O–H groups in total. The normalized spacial score (nSPS) is 25.0. The summed E-state index contributed by atoms with van der Waals surface area (Å²) in [7, 11) is 1.67. The highest BCUT2D eigenvalue weighted by molar-refractivity contribution is 5.86. The number of H-pyrrole nitrogens is 1. The number of fused-ring (bicyclic) bond motifs is 1. The molecular weight excluding hydrogens is 358 g/mol. The summed E-state index contributed by atoms with van der Waals surface area (Å²) in [4.78, 5) is 28.6. The fourth-order valence-electron chi connectivity index (χ4n) is 4.76. The number of likely N-dealkylation sites (tertiary alicyclic amines) is 1. The predicted molar refractivity (Wildman–Crippen MR) is 106 cm³/mol. The van der Waals surface area contributed by atoms with Gasteiger partial charge in [0.05, 0.1) is 7.11 Å². The Morgan fingerprint density at radius 2 is 2.11 bits per heavy atom. The highest BCUT2D eigenvalue weighted by atomic mass is 16.5. The van der Waals surface area contributed by atoms with Gasteiger partial charge in [0.15, 0.2) is 0 Å². The molecule has 1 aromatic heterocycles. The lowest BCUT2D eigenvalue weighted by Gasteiger charge is -2.31. The van der Waals surface area contributed by atoms with Gasteiger partial charge in [-0.2, -0.15) is 0 Å². The fraction of sp³-hybridized carbons (Fsp3) is 0.524. The minimum atomic E-state index is -1.01. The molecule has 2 amide bonds. The summed E-state index contributed by atoms with van der Waals surface area (Å²) >= 11 is 0. The number of carbonyl (C=O) groups is 2. The second kappa shape index (κ2) is 7.73. The van der Waals surface area contributed by atoms with Crippen molar-refractivity contribution in [1.82, 2.24) is 15.2 Å². The second-order valence-electron chi connectivity index (χ2n) is 7.86. The van der Waals surface area contributed by atoms with E-state index in [9.17, 15) is 14.7 Å². The lowest BCUT2D eigenvalue weighted by Crippen LogP contribution is -2.49. The van der Waals surface area contributed by atoms with E-state index in [2.05, 4.69) is 22.6 Å². The molecule has 7 heteroatoms. The molecular formula is C21H27N3O4. The van der Waals surface area contributed by atoms with E-state index in [4.69, 9.17) is 4.74 Å². The number of nitrogens with one attached hydrogen (secondary N) is 2. The Balaban J connectivity index is 1.46. The van der Waals surface area contributed by atoms with Crippen LogP contribution in [0.5, 0.6) is 5.75 Å². The maximum Gasteiger partial charge on any atom is 0.407 e. The Bertz CT molecular complexity index is 878. The number of methoxy groups -OCH3 is 1. The summed E-state index contributed by atoms with van der Waals surface area (Å²) in [5.41, 5.74) is 2.35. The van der Waals surface area contributed by atoms with Crippen molar-refractivity contribution in [2.75, 3.05) is 13.7 Å². The van der Waals surface area contributed by atoms with Gasteiger partial charge in [0.1, 0.15) is 11.8 Å². The predicted octanol–water partition coefficient (Wildman–Crippen LogP) is 3.46. The first-order valence-electron chi connectivity index (χ1n) is 10.0. The lowest BCUT2D eigenvalue weighted by molar-refractivity contribution is -0.126. The van der Waals surface area contributed by atoms with Gasteiger partial charge in [0.2, 0.25) is 5.91 Å². The largest absolute Gasteiger partial charge is 0.497 e. The van der Waals surface area contributed by atoms with E-state index in [1.807, 2.05) is 12.1 Å². The summed E-state index contributed by atoms with van der Waals surface area (Å²) in [5.74, 6) is 1.05. The Hall–Kier alpha value is -2.70. The van der Waals surface area contributed by atoms with Crippen LogP contribution in [0.2, 0.25) is 0 Å². The zero-order valence-corrected chi connectivity index (χ0v) is 16.1. The molecule has 1 aliphatic carbocycles. The van der Waals surface area contributed by atoms with Crippen LogP contribution in [-0.2, 0) is 4.79 Å². The highest BCUT2D eigenvalue weighted by Gasteiger charge is 2.35. The van der Waals surface area contributed by atoms with E-state index in [-0.39, 0.29) is 11.9 Å². The molecule has 4 rings (SSSR count). The molecule has 2 aliphatic rings. The van der Waals surface area contributed by atoms with Crippen molar-refractivity contribution >= 4 is 22.9 Å². The fourth-order valence-corrected chi connectivity index (χ4v) is 4.76. The van der Waals surface area contributed by atoms with Crippen molar-refractivity contribution < 1.29 is 19.4 Å². The monoisotopic (exact) mass is 385 g/mol. The van der Waals surface area contributed by atoms with Gasteiger partial charge >= 0.3 is 6.09 Å². The van der Waals surface area contributed by atoms with Gasteiger partial charge in [0, 0.05) is 29.7 Å². The molecule has 0 radical (unpaired) electrons. The molecule has 0 spiro atoms. The molecule has 28 heavy (non-hydrogen) atoms. The first kappa shape index (κ1) is 18.7. The molecule has 7 nitrogen and oxygen atoms in total. The number of ether oxygens (including phenoxy) is 1. The SMILES string of the molecule is COc1ccc2[nH]cc([C@@H]3CCC[C@H](NC(=O)C4CCCN4C(=O)O)C3)c2c1.